The Morgan fingerprint density at radius 2 is 2.07 bits per heavy atom. The van der Waals surface area contributed by atoms with Crippen LogP contribution in [0.1, 0.15) is 43.3 Å². The third kappa shape index (κ3) is 2.20. The number of hydrogen-bond acceptors (Lipinski definition) is 3. The van der Waals surface area contributed by atoms with Gasteiger partial charge in [-0.05, 0) is 19.9 Å². The molecular weight excluding hydrogens is 188 g/mol. The summed E-state index contributed by atoms with van der Waals surface area (Å²) in [4.78, 5) is 0. The summed E-state index contributed by atoms with van der Waals surface area (Å²) in [5, 5.41) is 11.7. The maximum atomic E-state index is 4.34. The van der Waals surface area contributed by atoms with E-state index in [2.05, 4.69) is 27.1 Å². The van der Waals surface area contributed by atoms with Gasteiger partial charge < -0.3 is 9.88 Å². The van der Waals surface area contributed by atoms with Gasteiger partial charge in [0.15, 0.2) is 0 Å². The van der Waals surface area contributed by atoms with E-state index in [4.69, 9.17) is 0 Å². The van der Waals surface area contributed by atoms with Gasteiger partial charge in [0, 0.05) is 25.9 Å². The van der Waals surface area contributed by atoms with Gasteiger partial charge in [0.05, 0.1) is 0 Å². The Morgan fingerprint density at radius 1 is 1.33 bits per heavy atom. The second-order valence-electron chi connectivity index (χ2n) is 4.37. The molecule has 15 heavy (non-hydrogen) atoms. The molecule has 0 atom stereocenters. The minimum Gasteiger partial charge on any atom is -0.319 e. The monoisotopic (exact) mass is 208 g/mol. The highest BCUT2D eigenvalue weighted by Gasteiger charge is 2.22. The van der Waals surface area contributed by atoms with Gasteiger partial charge in [-0.25, -0.2) is 0 Å². The zero-order valence-corrected chi connectivity index (χ0v) is 9.66. The summed E-state index contributed by atoms with van der Waals surface area (Å²) >= 11 is 0. The average molecular weight is 208 g/mol. The highest BCUT2D eigenvalue weighted by Crippen LogP contribution is 2.32. The SMILES string of the molecule is CNCCc1nnc(C2CCCC2)n1C. The van der Waals surface area contributed by atoms with Gasteiger partial charge in [-0.3, -0.25) is 0 Å². The first kappa shape index (κ1) is 10.6. The van der Waals surface area contributed by atoms with Crippen LogP contribution in [-0.4, -0.2) is 28.4 Å². The van der Waals surface area contributed by atoms with Crippen molar-refractivity contribution >= 4 is 0 Å². The van der Waals surface area contributed by atoms with Crippen LogP contribution in [0, 0.1) is 0 Å². The quantitative estimate of drug-likeness (QED) is 0.809. The van der Waals surface area contributed by atoms with E-state index in [1.54, 1.807) is 0 Å². The summed E-state index contributed by atoms with van der Waals surface area (Å²) in [6.45, 7) is 0.969. The minimum absolute atomic E-state index is 0.658. The van der Waals surface area contributed by atoms with Crippen LogP contribution in [0.15, 0.2) is 0 Å². The third-order valence-electron chi connectivity index (χ3n) is 3.32. The van der Waals surface area contributed by atoms with Crippen molar-refractivity contribution in [3.63, 3.8) is 0 Å². The lowest BCUT2D eigenvalue weighted by Gasteiger charge is -2.08. The van der Waals surface area contributed by atoms with Crippen molar-refractivity contribution in [3.8, 4) is 0 Å². The second kappa shape index (κ2) is 4.75. The number of nitrogens with zero attached hydrogens (tertiary/aromatic N) is 3. The predicted molar refractivity (Wildman–Crippen MR) is 59.8 cm³/mol. The first-order chi connectivity index (χ1) is 7.33. The van der Waals surface area contributed by atoms with E-state index in [0.29, 0.717) is 5.92 Å². The van der Waals surface area contributed by atoms with Crippen molar-refractivity contribution < 1.29 is 0 Å². The van der Waals surface area contributed by atoms with Crippen molar-refractivity contribution in [3.05, 3.63) is 11.6 Å². The van der Waals surface area contributed by atoms with Crippen LogP contribution in [-0.2, 0) is 13.5 Å². The zero-order valence-electron chi connectivity index (χ0n) is 9.66. The molecule has 84 valence electrons. The van der Waals surface area contributed by atoms with Gasteiger partial charge in [-0.2, -0.15) is 0 Å². The molecule has 4 heteroatoms. The molecule has 0 unspecified atom stereocenters. The number of nitrogens with one attached hydrogen (secondary N) is 1. The van der Waals surface area contributed by atoms with Gasteiger partial charge in [-0.1, -0.05) is 12.8 Å². The fourth-order valence-electron chi connectivity index (χ4n) is 2.37. The van der Waals surface area contributed by atoms with Crippen LogP contribution in [0.5, 0.6) is 0 Å². The van der Waals surface area contributed by atoms with E-state index in [9.17, 15) is 0 Å². The maximum Gasteiger partial charge on any atom is 0.135 e. The molecule has 1 aliphatic carbocycles. The molecule has 1 saturated carbocycles. The van der Waals surface area contributed by atoms with E-state index in [1.165, 1.54) is 31.5 Å². The molecule has 0 aliphatic heterocycles. The molecule has 1 fully saturated rings. The number of hydrogen-bond donors (Lipinski definition) is 1. The smallest absolute Gasteiger partial charge is 0.135 e. The number of likely N-dealkylation sites (N-methyl/N-ethyl adjacent to an activating group) is 1. The lowest BCUT2D eigenvalue weighted by Crippen LogP contribution is -2.14. The topological polar surface area (TPSA) is 42.7 Å². The predicted octanol–water partition coefficient (Wildman–Crippen LogP) is 1.23. The van der Waals surface area contributed by atoms with Crippen molar-refractivity contribution in [2.24, 2.45) is 7.05 Å². The molecule has 1 N–H and O–H groups in total. The van der Waals surface area contributed by atoms with E-state index >= 15 is 0 Å². The van der Waals surface area contributed by atoms with Gasteiger partial charge in [0.1, 0.15) is 11.6 Å². The van der Waals surface area contributed by atoms with E-state index in [-0.39, 0.29) is 0 Å². The van der Waals surface area contributed by atoms with Crippen LogP contribution >= 0.6 is 0 Å². The molecule has 2 rings (SSSR count). The van der Waals surface area contributed by atoms with Crippen molar-refractivity contribution in [2.75, 3.05) is 13.6 Å². The van der Waals surface area contributed by atoms with Gasteiger partial charge in [-0.15, -0.1) is 10.2 Å². The fraction of sp³-hybridized carbons (Fsp3) is 0.818. The molecule has 1 heterocycles. The van der Waals surface area contributed by atoms with Crippen LogP contribution in [0.25, 0.3) is 0 Å². The van der Waals surface area contributed by atoms with Crippen LogP contribution < -0.4 is 5.32 Å². The van der Waals surface area contributed by atoms with Gasteiger partial charge in [0.2, 0.25) is 0 Å². The molecule has 0 saturated heterocycles. The molecule has 1 aromatic heterocycles. The van der Waals surface area contributed by atoms with Gasteiger partial charge in [0.25, 0.3) is 0 Å². The van der Waals surface area contributed by atoms with Gasteiger partial charge >= 0.3 is 0 Å². The van der Waals surface area contributed by atoms with Crippen LogP contribution in [0.4, 0.5) is 0 Å². The summed E-state index contributed by atoms with van der Waals surface area (Å²) in [5.74, 6) is 2.95. The van der Waals surface area contributed by atoms with E-state index < -0.39 is 0 Å². The van der Waals surface area contributed by atoms with Crippen molar-refractivity contribution in [1.29, 1.82) is 0 Å². The highest BCUT2D eigenvalue weighted by atomic mass is 15.3. The van der Waals surface area contributed by atoms with E-state index in [0.717, 1.165) is 18.8 Å². The van der Waals surface area contributed by atoms with Crippen LogP contribution in [0.2, 0.25) is 0 Å². The normalized spacial score (nSPS) is 17.5. The van der Waals surface area contributed by atoms with Crippen molar-refractivity contribution in [2.45, 2.75) is 38.0 Å². The molecule has 0 bridgehead atoms. The molecule has 1 aromatic rings. The Labute approximate surface area is 91.1 Å². The summed E-state index contributed by atoms with van der Waals surface area (Å²) < 4.78 is 2.19. The fourth-order valence-corrected chi connectivity index (χ4v) is 2.37. The summed E-state index contributed by atoms with van der Waals surface area (Å²) in [5.41, 5.74) is 0. The largest absolute Gasteiger partial charge is 0.319 e. The maximum absolute atomic E-state index is 4.34. The Bertz CT molecular complexity index is 312. The summed E-state index contributed by atoms with van der Waals surface area (Å²) in [6.07, 6.45) is 6.25. The number of aromatic nitrogens is 3. The first-order valence-electron chi connectivity index (χ1n) is 5.85. The molecular formula is C11H20N4. The Hall–Kier alpha value is -0.900. The molecule has 0 aromatic carbocycles. The molecule has 4 nitrogen and oxygen atoms in total. The standard InChI is InChI=1S/C11H20N4/c1-12-8-7-10-13-14-11(15(10)2)9-5-3-4-6-9/h9,12H,3-8H2,1-2H3. The van der Waals surface area contributed by atoms with Crippen molar-refractivity contribution in [1.82, 2.24) is 20.1 Å². The average Bonchev–Trinajstić information content (AvgIpc) is 2.84. The highest BCUT2D eigenvalue weighted by molar-refractivity contribution is 5.03. The molecule has 1 aliphatic rings. The van der Waals surface area contributed by atoms with Crippen LogP contribution in [0.3, 0.4) is 0 Å². The number of rotatable bonds is 4. The molecule has 0 amide bonds. The third-order valence-corrected chi connectivity index (χ3v) is 3.32. The Morgan fingerprint density at radius 3 is 2.73 bits per heavy atom. The lowest BCUT2D eigenvalue weighted by atomic mass is 10.1. The zero-order chi connectivity index (χ0) is 10.7. The van der Waals surface area contributed by atoms with E-state index in [1.807, 2.05) is 7.05 Å². The minimum atomic E-state index is 0.658. The lowest BCUT2D eigenvalue weighted by molar-refractivity contribution is 0.617. The summed E-state index contributed by atoms with van der Waals surface area (Å²) in [7, 11) is 4.06. The Kier molecular flexibility index (Phi) is 3.36. The second-order valence-corrected chi connectivity index (χ2v) is 4.37. The Balaban J connectivity index is 2.08. The molecule has 0 radical (unpaired) electrons. The first-order valence-corrected chi connectivity index (χ1v) is 5.85. The summed E-state index contributed by atoms with van der Waals surface area (Å²) in [6, 6.07) is 0. The molecule has 0 spiro atoms.